The molecule has 0 spiro atoms. The maximum atomic E-state index is 9.25. The van der Waals surface area contributed by atoms with Crippen molar-refractivity contribution < 1.29 is 10.2 Å². The molecule has 2 aromatic carbocycles. The number of nitrogens with zero attached hydrogens (tertiary/aromatic N) is 1. The van der Waals surface area contributed by atoms with Gasteiger partial charge >= 0.3 is 0 Å². The molecule has 0 heterocycles. The van der Waals surface area contributed by atoms with Crippen molar-refractivity contribution in [2.45, 2.75) is 13.5 Å². The van der Waals surface area contributed by atoms with E-state index in [0.717, 1.165) is 23.5 Å². The van der Waals surface area contributed by atoms with Crippen LogP contribution in [-0.2, 0) is 6.54 Å². The van der Waals surface area contributed by atoms with Gasteiger partial charge in [0.2, 0.25) is 0 Å². The molecule has 0 radical (unpaired) electrons. The molecular weight excluding hydrogens is 264 g/mol. The van der Waals surface area contributed by atoms with Gasteiger partial charge in [-0.15, -0.1) is 0 Å². The van der Waals surface area contributed by atoms with Crippen LogP contribution < -0.4 is 10.2 Å². The van der Waals surface area contributed by atoms with Crippen LogP contribution in [0.2, 0.25) is 0 Å². The maximum Gasteiger partial charge on any atom is 0.115 e. The topological polar surface area (TPSA) is 55.7 Å². The fraction of sp³-hybridized carbons (Fsp3) is 0.294. The minimum atomic E-state index is 0.161. The van der Waals surface area contributed by atoms with Crippen molar-refractivity contribution >= 4 is 11.4 Å². The minimum Gasteiger partial charge on any atom is -0.508 e. The molecule has 112 valence electrons. The fourth-order valence-corrected chi connectivity index (χ4v) is 2.20. The van der Waals surface area contributed by atoms with Crippen molar-refractivity contribution in [1.82, 2.24) is 0 Å². The summed E-state index contributed by atoms with van der Waals surface area (Å²) in [7, 11) is 0. The molecule has 0 atom stereocenters. The van der Waals surface area contributed by atoms with Gasteiger partial charge in [-0.3, -0.25) is 0 Å². The molecule has 0 aromatic heterocycles. The number of aliphatic hydroxyl groups excluding tert-OH is 1. The molecule has 2 aromatic rings. The number of hydrogen-bond acceptors (Lipinski definition) is 4. The molecule has 0 saturated heterocycles. The van der Waals surface area contributed by atoms with E-state index in [1.54, 1.807) is 12.1 Å². The van der Waals surface area contributed by atoms with Gasteiger partial charge in [0, 0.05) is 31.0 Å². The summed E-state index contributed by atoms with van der Waals surface area (Å²) in [5.74, 6) is 0.284. The second-order valence-corrected chi connectivity index (χ2v) is 4.87. The molecule has 0 unspecified atom stereocenters. The number of likely N-dealkylation sites (N-methyl/N-ethyl adjacent to an activating group) is 1. The highest BCUT2D eigenvalue weighted by Crippen LogP contribution is 2.18. The molecule has 2 rings (SSSR count). The van der Waals surface area contributed by atoms with E-state index in [9.17, 15) is 5.11 Å². The van der Waals surface area contributed by atoms with Crippen LogP contribution in [0.4, 0.5) is 11.4 Å². The first-order valence-electron chi connectivity index (χ1n) is 7.20. The molecule has 4 heteroatoms. The summed E-state index contributed by atoms with van der Waals surface area (Å²) in [6.45, 7) is 4.48. The van der Waals surface area contributed by atoms with E-state index in [1.165, 1.54) is 0 Å². The number of phenolic OH excluding ortho intramolecular Hbond substituents is 1. The summed E-state index contributed by atoms with van der Waals surface area (Å²) in [5, 5.41) is 21.6. The van der Waals surface area contributed by atoms with Gasteiger partial charge in [-0.05, 0) is 48.9 Å². The van der Waals surface area contributed by atoms with E-state index >= 15 is 0 Å². The Morgan fingerprint density at radius 3 is 2.24 bits per heavy atom. The normalized spacial score (nSPS) is 10.4. The maximum absolute atomic E-state index is 9.25. The van der Waals surface area contributed by atoms with Crippen molar-refractivity contribution in [3.05, 3.63) is 54.1 Å². The summed E-state index contributed by atoms with van der Waals surface area (Å²) in [4.78, 5) is 2.13. The van der Waals surface area contributed by atoms with Gasteiger partial charge in [0.15, 0.2) is 0 Å². The van der Waals surface area contributed by atoms with Crippen LogP contribution >= 0.6 is 0 Å². The van der Waals surface area contributed by atoms with Crippen LogP contribution in [0.15, 0.2) is 48.5 Å². The number of anilines is 2. The monoisotopic (exact) mass is 286 g/mol. The van der Waals surface area contributed by atoms with E-state index in [-0.39, 0.29) is 12.4 Å². The highest BCUT2D eigenvalue weighted by molar-refractivity contribution is 5.55. The zero-order valence-electron chi connectivity index (χ0n) is 12.3. The Bertz CT molecular complexity index is 538. The van der Waals surface area contributed by atoms with Crippen molar-refractivity contribution in [3.8, 4) is 5.75 Å². The molecule has 21 heavy (non-hydrogen) atoms. The number of benzene rings is 2. The molecule has 0 aliphatic carbocycles. The zero-order chi connectivity index (χ0) is 15.1. The molecule has 3 N–H and O–H groups in total. The van der Waals surface area contributed by atoms with Gasteiger partial charge in [0.1, 0.15) is 5.75 Å². The Balaban J connectivity index is 1.94. The lowest BCUT2D eigenvalue weighted by atomic mass is 10.2. The third-order valence-corrected chi connectivity index (χ3v) is 3.42. The Labute approximate surface area is 125 Å². The van der Waals surface area contributed by atoms with Crippen LogP contribution in [-0.4, -0.2) is 29.9 Å². The molecule has 4 nitrogen and oxygen atoms in total. The second kappa shape index (κ2) is 7.55. The van der Waals surface area contributed by atoms with Crippen LogP contribution in [0.1, 0.15) is 12.5 Å². The molecule has 0 amide bonds. The van der Waals surface area contributed by atoms with E-state index in [0.29, 0.717) is 13.1 Å². The predicted molar refractivity (Wildman–Crippen MR) is 86.8 cm³/mol. The standard InChI is InChI=1S/C17H22N2O2/c1-2-19(11-12-20)16-7-5-15(6-8-16)18-13-14-3-9-17(21)10-4-14/h3-10,18,20-21H,2,11-13H2,1H3. The first kappa shape index (κ1) is 15.2. The highest BCUT2D eigenvalue weighted by atomic mass is 16.3. The molecule has 0 fully saturated rings. The van der Waals surface area contributed by atoms with Crippen molar-refractivity contribution in [3.63, 3.8) is 0 Å². The highest BCUT2D eigenvalue weighted by Gasteiger charge is 2.03. The first-order chi connectivity index (χ1) is 10.2. The summed E-state index contributed by atoms with van der Waals surface area (Å²) in [6, 6.07) is 15.4. The van der Waals surface area contributed by atoms with Crippen molar-refractivity contribution in [1.29, 1.82) is 0 Å². The number of rotatable bonds is 7. The van der Waals surface area contributed by atoms with Crippen molar-refractivity contribution in [2.24, 2.45) is 0 Å². The summed E-state index contributed by atoms with van der Waals surface area (Å²) in [5.41, 5.74) is 3.28. The van der Waals surface area contributed by atoms with E-state index in [4.69, 9.17) is 5.11 Å². The van der Waals surface area contributed by atoms with E-state index < -0.39 is 0 Å². The summed E-state index contributed by atoms with van der Waals surface area (Å²) < 4.78 is 0. The van der Waals surface area contributed by atoms with Gasteiger partial charge < -0.3 is 20.4 Å². The van der Waals surface area contributed by atoms with Crippen molar-refractivity contribution in [2.75, 3.05) is 29.9 Å². The Hall–Kier alpha value is -2.20. The van der Waals surface area contributed by atoms with Crippen LogP contribution in [0, 0.1) is 0 Å². The van der Waals surface area contributed by atoms with Gasteiger partial charge in [-0.2, -0.15) is 0 Å². The fourth-order valence-electron chi connectivity index (χ4n) is 2.20. The summed E-state index contributed by atoms with van der Waals surface area (Å²) in [6.07, 6.45) is 0. The van der Waals surface area contributed by atoms with Crippen LogP contribution in [0.5, 0.6) is 5.75 Å². The average Bonchev–Trinajstić information content (AvgIpc) is 2.53. The largest absolute Gasteiger partial charge is 0.508 e. The van der Waals surface area contributed by atoms with Gasteiger partial charge in [-0.1, -0.05) is 12.1 Å². The van der Waals surface area contributed by atoms with Gasteiger partial charge in [0.25, 0.3) is 0 Å². The number of aliphatic hydroxyl groups is 1. The first-order valence-corrected chi connectivity index (χ1v) is 7.20. The Kier molecular flexibility index (Phi) is 5.46. The number of phenols is 1. The van der Waals surface area contributed by atoms with E-state index in [1.807, 2.05) is 24.3 Å². The molecule has 0 aliphatic heterocycles. The quantitative estimate of drug-likeness (QED) is 0.732. The number of hydrogen-bond donors (Lipinski definition) is 3. The Morgan fingerprint density at radius 1 is 1.00 bits per heavy atom. The molecular formula is C17H22N2O2. The second-order valence-electron chi connectivity index (χ2n) is 4.87. The zero-order valence-corrected chi connectivity index (χ0v) is 12.3. The smallest absolute Gasteiger partial charge is 0.115 e. The third kappa shape index (κ3) is 4.39. The lowest BCUT2D eigenvalue weighted by molar-refractivity contribution is 0.302. The lowest BCUT2D eigenvalue weighted by Gasteiger charge is -2.22. The molecule has 0 bridgehead atoms. The third-order valence-electron chi connectivity index (χ3n) is 3.42. The van der Waals surface area contributed by atoms with E-state index in [2.05, 4.69) is 29.3 Å². The van der Waals surface area contributed by atoms with Gasteiger partial charge in [0.05, 0.1) is 6.61 Å². The number of aromatic hydroxyl groups is 1. The minimum absolute atomic E-state index is 0.161. The Morgan fingerprint density at radius 2 is 1.67 bits per heavy atom. The predicted octanol–water partition coefficient (Wildman–Crippen LogP) is 2.82. The molecule has 0 aliphatic rings. The summed E-state index contributed by atoms with van der Waals surface area (Å²) >= 11 is 0. The average molecular weight is 286 g/mol. The molecule has 0 saturated carbocycles. The van der Waals surface area contributed by atoms with Crippen LogP contribution in [0.3, 0.4) is 0 Å². The lowest BCUT2D eigenvalue weighted by Crippen LogP contribution is -2.25. The van der Waals surface area contributed by atoms with Crippen LogP contribution in [0.25, 0.3) is 0 Å². The van der Waals surface area contributed by atoms with Gasteiger partial charge in [-0.25, -0.2) is 0 Å². The SMILES string of the molecule is CCN(CCO)c1ccc(NCc2ccc(O)cc2)cc1. The number of nitrogens with one attached hydrogen (secondary N) is 1.